The molecule has 0 aliphatic heterocycles. The highest BCUT2D eigenvalue weighted by molar-refractivity contribution is 6.28. The van der Waals surface area contributed by atoms with Crippen LogP contribution in [0.5, 0.6) is 0 Å². The van der Waals surface area contributed by atoms with Gasteiger partial charge in [0.2, 0.25) is 5.28 Å². The molecule has 0 unspecified atom stereocenters. The SMILES string of the molecule is Clc1nc(-c2ccc3cc(-c4cccc5ccccc45)ccc3c2)nc(-c2c(-c3ccccc3)ccc3ccccc23)n1. The third kappa shape index (κ3) is 4.61. The van der Waals surface area contributed by atoms with Crippen molar-refractivity contribution >= 4 is 43.9 Å². The van der Waals surface area contributed by atoms with Crippen molar-refractivity contribution in [2.75, 3.05) is 0 Å². The Bertz CT molecular complexity index is 2310. The third-order valence-electron chi connectivity index (χ3n) is 8.04. The Labute approximate surface area is 254 Å². The van der Waals surface area contributed by atoms with E-state index in [4.69, 9.17) is 16.6 Å². The van der Waals surface area contributed by atoms with Crippen molar-refractivity contribution in [1.82, 2.24) is 15.0 Å². The minimum Gasteiger partial charge on any atom is -0.208 e. The number of aromatic nitrogens is 3. The van der Waals surface area contributed by atoms with Gasteiger partial charge in [-0.3, -0.25) is 0 Å². The Hall–Kier alpha value is -5.38. The Morgan fingerprint density at radius 2 is 0.977 bits per heavy atom. The highest BCUT2D eigenvalue weighted by Crippen LogP contribution is 2.38. The van der Waals surface area contributed by atoms with Crippen LogP contribution in [0.1, 0.15) is 0 Å². The van der Waals surface area contributed by atoms with Gasteiger partial charge in [-0.15, -0.1) is 0 Å². The standard InChI is InChI=1S/C39H24ClN3/c40-39-42-37(41-38(43-39)36-34-15-7-5-12-27(34)21-22-35(36)26-9-2-1-3-10-26)31-20-18-28-23-30(19-17-29(28)24-31)33-16-8-13-25-11-4-6-14-32(25)33/h1-24H. The number of fused-ring (bicyclic) bond motifs is 3. The summed E-state index contributed by atoms with van der Waals surface area (Å²) in [5.41, 5.74) is 6.38. The second kappa shape index (κ2) is 10.5. The molecule has 0 aliphatic carbocycles. The molecule has 8 aromatic rings. The van der Waals surface area contributed by atoms with Gasteiger partial charge in [-0.05, 0) is 78.3 Å². The average Bonchev–Trinajstić information content (AvgIpc) is 3.07. The summed E-state index contributed by atoms with van der Waals surface area (Å²) in [7, 11) is 0. The summed E-state index contributed by atoms with van der Waals surface area (Å²) in [5.74, 6) is 1.10. The predicted molar refractivity (Wildman–Crippen MR) is 179 cm³/mol. The molecule has 1 aromatic heterocycles. The van der Waals surface area contributed by atoms with Gasteiger partial charge in [-0.2, -0.15) is 9.97 Å². The fourth-order valence-electron chi connectivity index (χ4n) is 5.99. The summed E-state index contributed by atoms with van der Waals surface area (Å²) in [4.78, 5) is 14.2. The maximum absolute atomic E-state index is 6.59. The first-order valence-electron chi connectivity index (χ1n) is 14.2. The fourth-order valence-corrected chi connectivity index (χ4v) is 6.15. The molecular weight excluding hydrogens is 546 g/mol. The summed E-state index contributed by atoms with van der Waals surface area (Å²) in [5, 5.41) is 7.08. The predicted octanol–water partition coefficient (Wildman–Crippen LogP) is 10.7. The molecule has 0 spiro atoms. The molecule has 0 bridgehead atoms. The first-order valence-corrected chi connectivity index (χ1v) is 14.6. The zero-order chi connectivity index (χ0) is 28.8. The Balaban J connectivity index is 1.25. The topological polar surface area (TPSA) is 38.7 Å². The van der Waals surface area contributed by atoms with Crippen LogP contribution in [0.25, 0.3) is 77.3 Å². The van der Waals surface area contributed by atoms with Crippen molar-refractivity contribution < 1.29 is 0 Å². The molecule has 0 fully saturated rings. The summed E-state index contributed by atoms with van der Waals surface area (Å²) in [6.07, 6.45) is 0. The van der Waals surface area contributed by atoms with E-state index >= 15 is 0 Å². The van der Waals surface area contributed by atoms with Gasteiger partial charge in [0.25, 0.3) is 0 Å². The van der Waals surface area contributed by atoms with Crippen LogP contribution < -0.4 is 0 Å². The number of benzene rings is 7. The van der Waals surface area contributed by atoms with Crippen LogP contribution in [-0.2, 0) is 0 Å². The van der Waals surface area contributed by atoms with E-state index in [1.165, 1.54) is 21.9 Å². The number of halogens is 1. The van der Waals surface area contributed by atoms with Gasteiger partial charge in [-0.1, -0.05) is 133 Å². The van der Waals surface area contributed by atoms with E-state index in [1.807, 2.05) is 30.3 Å². The zero-order valence-electron chi connectivity index (χ0n) is 23.1. The molecule has 0 N–H and O–H groups in total. The maximum atomic E-state index is 6.59. The minimum absolute atomic E-state index is 0.165. The van der Waals surface area contributed by atoms with E-state index in [2.05, 4.69) is 125 Å². The molecule has 0 atom stereocenters. The number of hydrogen-bond donors (Lipinski definition) is 0. The lowest BCUT2D eigenvalue weighted by atomic mass is 9.93. The van der Waals surface area contributed by atoms with E-state index in [-0.39, 0.29) is 5.28 Å². The van der Waals surface area contributed by atoms with Crippen molar-refractivity contribution in [3.05, 3.63) is 151 Å². The smallest absolute Gasteiger partial charge is 0.208 e. The first-order chi connectivity index (χ1) is 21.2. The normalized spacial score (nSPS) is 11.4. The number of nitrogens with zero attached hydrogens (tertiary/aromatic N) is 3. The zero-order valence-corrected chi connectivity index (χ0v) is 23.8. The molecule has 0 saturated heterocycles. The van der Waals surface area contributed by atoms with Crippen molar-refractivity contribution in [3.63, 3.8) is 0 Å². The van der Waals surface area contributed by atoms with Gasteiger partial charge in [0, 0.05) is 11.1 Å². The van der Waals surface area contributed by atoms with Gasteiger partial charge >= 0.3 is 0 Å². The van der Waals surface area contributed by atoms with E-state index in [0.29, 0.717) is 11.6 Å². The van der Waals surface area contributed by atoms with E-state index < -0.39 is 0 Å². The lowest BCUT2D eigenvalue weighted by molar-refractivity contribution is 1.07. The Kier molecular flexibility index (Phi) is 6.17. The van der Waals surface area contributed by atoms with Crippen LogP contribution >= 0.6 is 11.6 Å². The van der Waals surface area contributed by atoms with Crippen LogP contribution in [0.4, 0.5) is 0 Å². The van der Waals surface area contributed by atoms with Gasteiger partial charge < -0.3 is 0 Å². The van der Waals surface area contributed by atoms with Gasteiger partial charge in [0.05, 0.1) is 0 Å². The van der Waals surface area contributed by atoms with Crippen LogP contribution in [-0.4, -0.2) is 15.0 Å². The summed E-state index contributed by atoms with van der Waals surface area (Å²) >= 11 is 6.59. The molecule has 43 heavy (non-hydrogen) atoms. The van der Waals surface area contributed by atoms with Crippen molar-refractivity contribution in [1.29, 1.82) is 0 Å². The summed E-state index contributed by atoms with van der Waals surface area (Å²) in [6.45, 7) is 0. The van der Waals surface area contributed by atoms with E-state index in [1.54, 1.807) is 0 Å². The molecule has 7 aromatic carbocycles. The molecule has 0 amide bonds. The third-order valence-corrected chi connectivity index (χ3v) is 8.21. The van der Waals surface area contributed by atoms with Crippen molar-refractivity contribution in [2.45, 2.75) is 0 Å². The molecular formula is C39H24ClN3. The van der Waals surface area contributed by atoms with Crippen LogP contribution in [0.2, 0.25) is 5.28 Å². The van der Waals surface area contributed by atoms with Crippen LogP contribution in [0, 0.1) is 0 Å². The minimum atomic E-state index is 0.165. The molecule has 0 saturated carbocycles. The quantitative estimate of drug-likeness (QED) is 0.211. The number of hydrogen-bond acceptors (Lipinski definition) is 3. The highest BCUT2D eigenvalue weighted by atomic mass is 35.5. The van der Waals surface area contributed by atoms with E-state index in [9.17, 15) is 0 Å². The largest absolute Gasteiger partial charge is 0.226 e. The molecule has 4 heteroatoms. The average molecular weight is 570 g/mol. The lowest BCUT2D eigenvalue weighted by Gasteiger charge is -2.14. The Morgan fingerprint density at radius 1 is 0.372 bits per heavy atom. The maximum Gasteiger partial charge on any atom is 0.226 e. The monoisotopic (exact) mass is 569 g/mol. The van der Waals surface area contributed by atoms with Crippen LogP contribution in [0.15, 0.2) is 146 Å². The molecule has 0 radical (unpaired) electrons. The summed E-state index contributed by atoms with van der Waals surface area (Å²) < 4.78 is 0. The van der Waals surface area contributed by atoms with Gasteiger partial charge in [0.1, 0.15) is 0 Å². The van der Waals surface area contributed by atoms with E-state index in [0.717, 1.165) is 43.8 Å². The molecule has 8 rings (SSSR count). The highest BCUT2D eigenvalue weighted by Gasteiger charge is 2.17. The molecule has 0 aliphatic rings. The number of rotatable bonds is 4. The molecule has 1 heterocycles. The first kappa shape index (κ1) is 25.3. The second-order valence-electron chi connectivity index (χ2n) is 10.6. The lowest BCUT2D eigenvalue weighted by Crippen LogP contribution is -1.99. The molecule has 202 valence electrons. The van der Waals surface area contributed by atoms with Gasteiger partial charge in [0.15, 0.2) is 11.6 Å². The second-order valence-corrected chi connectivity index (χ2v) is 11.0. The fraction of sp³-hybridized carbons (Fsp3) is 0. The molecule has 3 nitrogen and oxygen atoms in total. The Morgan fingerprint density at radius 3 is 1.79 bits per heavy atom. The summed E-state index contributed by atoms with van der Waals surface area (Å²) in [6, 6.07) is 50.8. The van der Waals surface area contributed by atoms with Crippen LogP contribution in [0.3, 0.4) is 0 Å². The van der Waals surface area contributed by atoms with Crippen molar-refractivity contribution in [3.8, 4) is 45.0 Å². The van der Waals surface area contributed by atoms with Gasteiger partial charge in [-0.25, -0.2) is 4.98 Å². The van der Waals surface area contributed by atoms with Crippen molar-refractivity contribution in [2.24, 2.45) is 0 Å².